The van der Waals surface area contributed by atoms with Crippen molar-refractivity contribution in [1.29, 1.82) is 0 Å². The van der Waals surface area contributed by atoms with Crippen molar-refractivity contribution in [3.8, 4) is 0 Å². The molecule has 0 aromatic heterocycles. The standard InChI is InChI=1S/C23H26ClN5/c1-15-23-18-7-6-17(16-8-11-25-12-9-16)14-19(18)21(10-13-29(23)28-27-15)26-22-5-3-2-4-20(22)24/h2-8,14,21,25-28H,9-13H2,1H3. The van der Waals surface area contributed by atoms with Crippen molar-refractivity contribution in [3.63, 3.8) is 0 Å². The molecule has 6 heteroatoms. The van der Waals surface area contributed by atoms with Gasteiger partial charge in [-0.3, -0.25) is 5.01 Å². The molecule has 0 fully saturated rings. The van der Waals surface area contributed by atoms with Gasteiger partial charge in [-0.2, -0.15) is 0 Å². The summed E-state index contributed by atoms with van der Waals surface area (Å²) in [6.07, 6.45) is 4.35. The molecule has 0 amide bonds. The molecule has 0 saturated carbocycles. The average Bonchev–Trinajstić information content (AvgIpc) is 3.05. The number of fused-ring (bicyclic) bond motifs is 3. The zero-order valence-electron chi connectivity index (χ0n) is 16.6. The molecule has 1 unspecified atom stereocenters. The summed E-state index contributed by atoms with van der Waals surface area (Å²) in [5.74, 6) is 0. The lowest BCUT2D eigenvalue weighted by molar-refractivity contribution is 0.281. The van der Waals surface area contributed by atoms with Crippen LogP contribution in [-0.2, 0) is 0 Å². The number of hydrazine groups is 2. The highest BCUT2D eigenvalue weighted by Gasteiger charge is 2.30. The molecule has 0 saturated heterocycles. The normalized spacial score (nSPS) is 21.1. The third-order valence-corrected chi connectivity index (χ3v) is 6.29. The minimum Gasteiger partial charge on any atom is -0.377 e. The van der Waals surface area contributed by atoms with Gasteiger partial charge in [0, 0.05) is 18.7 Å². The molecule has 3 aliphatic heterocycles. The van der Waals surface area contributed by atoms with Gasteiger partial charge in [0.15, 0.2) is 0 Å². The Labute approximate surface area is 176 Å². The largest absolute Gasteiger partial charge is 0.377 e. The summed E-state index contributed by atoms with van der Waals surface area (Å²) in [6.45, 7) is 5.01. The molecule has 4 N–H and O–H groups in total. The van der Waals surface area contributed by atoms with Crippen LogP contribution in [0.2, 0.25) is 5.02 Å². The number of nitrogens with zero attached hydrogens (tertiary/aromatic N) is 1. The highest BCUT2D eigenvalue weighted by molar-refractivity contribution is 6.33. The molecule has 29 heavy (non-hydrogen) atoms. The zero-order valence-corrected chi connectivity index (χ0v) is 17.3. The maximum absolute atomic E-state index is 6.46. The van der Waals surface area contributed by atoms with Gasteiger partial charge in [-0.05, 0) is 61.2 Å². The lowest BCUT2D eigenvalue weighted by atomic mass is 9.91. The summed E-state index contributed by atoms with van der Waals surface area (Å²) in [6, 6.07) is 15.1. The summed E-state index contributed by atoms with van der Waals surface area (Å²) < 4.78 is 0. The Balaban J connectivity index is 1.60. The second-order valence-electron chi connectivity index (χ2n) is 7.81. The maximum Gasteiger partial charge on any atom is 0.0814 e. The number of benzene rings is 2. The van der Waals surface area contributed by atoms with Crippen LogP contribution in [0.5, 0.6) is 0 Å². The topological polar surface area (TPSA) is 51.4 Å². The molecule has 3 aliphatic rings. The van der Waals surface area contributed by atoms with Crippen LogP contribution in [0.15, 0.2) is 54.2 Å². The van der Waals surface area contributed by atoms with E-state index in [2.05, 4.69) is 63.9 Å². The van der Waals surface area contributed by atoms with Crippen LogP contribution in [0.25, 0.3) is 11.3 Å². The van der Waals surface area contributed by atoms with E-state index in [4.69, 9.17) is 11.6 Å². The van der Waals surface area contributed by atoms with Crippen LogP contribution in [0.4, 0.5) is 5.69 Å². The molecule has 2 aromatic carbocycles. The zero-order chi connectivity index (χ0) is 19.8. The van der Waals surface area contributed by atoms with E-state index in [-0.39, 0.29) is 6.04 Å². The van der Waals surface area contributed by atoms with Crippen LogP contribution >= 0.6 is 11.6 Å². The number of rotatable bonds is 3. The molecule has 0 bridgehead atoms. The molecule has 1 atom stereocenters. The fourth-order valence-corrected chi connectivity index (χ4v) is 4.66. The van der Waals surface area contributed by atoms with Crippen molar-refractivity contribution < 1.29 is 0 Å². The first-order valence-corrected chi connectivity index (χ1v) is 10.6. The van der Waals surface area contributed by atoms with Crippen LogP contribution in [0, 0.1) is 0 Å². The van der Waals surface area contributed by atoms with Crippen molar-refractivity contribution in [2.45, 2.75) is 25.8 Å². The first kappa shape index (κ1) is 18.6. The Morgan fingerprint density at radius 1 is 1.17 bits per heavy atom. The monoisotopic (exact) mass is 407 g/mol. The maximum atomic E-state index is 6.46. The average molecular weight is 408 g/mol. The van der Waals surface area contributed by atoms with Crippen molar-refractivity contribution in [3.05, 3.63) is 76.0 Å². The lowest BCUT2D eigenvalue weighted by Crippen LogP contribution is -2.37. The second kappa shape index (κ2) is 7.75. The number of halogens is 1. The third-order valence-electron chi connectivity index (χ3n) is 5.97. The summed E-state index contributed by atoms with van der Waals surface area (Å²) >= 11 is 6.46. The molecular formula is C23H26ClN5. The number of anilines is 1. The van der Waals surface area contributed by atoms with Crippen LogP contribution in [0.1, 0.15) is 42.5 Å². The molecule has 2 aromatic rings. The van der Waals surface area contributed by atoms with Gasteiger partial charge in [0.1, 0.15) is 0 Å². The number of allylic oxidation sites excluding steroid dienone is 1. The highest BCUT2D eigenvalue weighted by Crippen LogP contribution is 2.39. The number of hydrogen-bond acceptors (Lipinski definition) is 5. The Hall–Kier alpha value is -2.47. The van der Waals surface area contributed by atoms with E-state index in [9.17, 15) is 0 Å². The second-order valence-corrected chi connectivity index (χ2v) is 8.22. The minimum atomic E-state index is 0.180. The van der Waals surface area contributed by atoms with Gasteiger partial charge in [-0.15, -0.1) is 5.53 Å². The first-order valence-electron chi connectivity index (χ1n) is 10.3. The highest BCUT2D eigenvalue weighted by atomic mass is 35.5. The van der Waals surface area contributed by atoms with Gasteiger partial charge in [0.2, 0.25) is 0 Å². The predicted octanol–water partition coefficient (Wildman–Crippen LogP) is 4.29. The number of hydrogen-bond donors (Lipinski definition) is 4. The van der Waals surface area contributed by atoms with E-state index in [0.29, 0.717) is 0 Å². The van der Waals surface area contributed by atoms with Gasteiger partial charge in [0.05, 0.1) is 28.1 Å². The minimum absolute atomic E-state index is 0.180. The molecule has 5 rings (SSSR count). The lowest BCUT2D eigenvalue weighted by Gasteiger charge is -2.23. The van der Waals surface area contributed by atoms with Crippen LogP contribution in [-0.4, -0.2) is 24.6 Å². The van der Waals surface area contributed by atoms with Gasteiger partial charge in [-0.1, -0.05) is 41.9 Å². The van der Waals surface area contributed by atoms with E-state index in [1.54, 1.807) is 0 Å². The molecule has 3 heterocycles. The molecule has 0 radical (unpaired) electrons. The van der Waals surface area contributed by atoms with Crippen molar-refractivity contribution in [2.24, 2.45) is 0 Å². The van der Waals surface area contributed by atoms with Crippen molar-refractivity contribution >= 4 is 28.6 Å². The SMILES string of the molecule is CC1=C2c3ccc(C4=CCNCC4)cc3C(Nc3ccccc3Cl)CCN2NN1. The third kappa shape index (κ3) is 3.50. The Morgan fingerprint density at radius 2 is 2.07 bits per heavy atom. The van der Waals surface area contributed by atoms with Crippen molar-refractivity contribution in [2.75, 3.05) is 25.0 Å². The molecule has 150 valence electrons. The van der Waals surface area contributed by atoms with E-state index in [1.165, 1.54) is 28.0 Å². The summed E-state index contributed by atoms with van der Waals surface area (Å²) in [7, 11) is 0. The van der Waals surface area contributed by atoms with Gasteiger partial charge in [-0.25, -0.2) is 0 Å². The quantitative estimate of drug-likeness (QED) is 0.611. The summed E-state index contributed by atoms with van der Waals surface area (Å²) in [5, 5.41) is 10.1. The van der Waals surface area contributed by atoms with Crippen LogP contribution in [0.3, 0.4) is 0 Å². The fourth-order valence-electron chi connectivity index (χ4n) is 4.46. The summed E-state index contributed by atoms with van der Waals surface area (Å²) in [5.41, 5.74) is 15.3. The van der Waals surface area contributed by atoms with Crippen LogP contribution < -0.4 is 21.6 Å². The first-order chi connectivity index (χ1) is 14.2. The van der Waals surface area contributed by atoms with Gasteiger partial charge < -0.3 is 16.1 Å². The number of nitrogens with one attached hydrogen (secondary N) is 4. The Bertz CT molecular complexity index is 997. The molecule has 5 nitrogen and oxygen atoms in total. The molecule has 0 aliphatic carbocycles. The van der Waals surface area contributed by atoms with E-state index in [0.717, 1.165) is 48.9 Å². The Kier molecular flexibility index (Phi) is 4.96. The van der Waals surface area contributed by atoms with Gasteiger partial charge in [0.25, 0.3) is 0 Å². The smallest absolute Gasteiger partial charge is 0.0814 e. The van der Waals surface area contributed by atoms with E-state index in [1.807, 2.05) is 18.2 Å². The number of para-hydroxylation sites is 1. The summed E-state index contributed by atoms with van der Waals surface area (Å²) in [4.78, 5) is 0. The molecule has 0 spiro atoms. The fraction of sp³-hybridized carbons (Fsp3) is 0.304. The van der Waals surface area contributed by atoms with Gasteiger partial charge >= 0.3 is 0 Å². The van der Waals surface area contributed by atoms with E-state index >= 15 is 0 Å². The van der Waals surface area contributed by atoms with Crippen molar-refractivity contribution in [1.82, 2.24) is 21.3 Å². The molecular weight excluding hydrogens is 382 g/mol. The van der Waals surface area contributed by atoms with E-state index < -0.39 is 0 Å². The predicted molar refractivity (Wildman–Crippen MR) is 120 cm³/mol. The Morgan fingerprint density at radius 3 is 2.90 bits per heavy atom.